The van der Waals surface area contributed by atoms with Crippen LogP contribution < -0.4 is 5.73 Å². The van der Waals surface area contributed by atoms with Gasteiger partial charge in [0.1, 0.15) is 0 Å². The van der Waals surface area contributed by atoms with Gasteiger partial charge in [-0.15, -0.1) is 0 Å². The average molecular weight is 277 g/mol. The van der Waals surface area contributed by atoms with Crippen molar-refractivity contribution in [2.24, 2.45) is 0 Å². The summed E-state index contributed by atoms with van der Waals surface area (Å²) in [5.74, 6) is 2.11. The smallest absolute Gasteiger partial charge is 0.230 e. The third-order valence-electron chi connectivity index (χ3n) is 3.98. The van der Waals surface area contributed by atoms with Crippen LogP contribution in [0, 0.1) is 0 Å². The Labute approximate surface area is 122 Å². The Morgan fingerprint density at radius 3 is 2.52 bits per heavy atom. The number of hydrogen-bond acceptors (Lipinski definition) is 4. The van der Waals surface area contributed by atoms with Crippen LogP contribution in [0.5, 0.6) is 0 Å². The van der Waals surface area contributed by atoms with Gasteiger partial charge in [-0.25, -0.2) is 0 Å². The highest BCUT2D eigenvalue weighted by Gasteiger charge is 2.43. The second-order valence-corrected chi connectivity index (χ2v) is 5.40. The molecule has 2 atom stereocenters. The first-order chi connectivity index (χ1) is 10.3. The number of nitrogen functional groups attached to an aromatic ring is 1. The van der Waals surface area contributed by atoms with Crippen molar-refractivity contribution in [2.45, 2.75) is 18.3 Å². The van der Waals surface area contributed by atoms with Crippen molar-refractivity contribution < 1.29 is 4.52 Å². The topological polar surface area (TPSA) is 64.9 Å². The molecule has 1 fully saturated rings. The molecule has 2 aromatic carbocycles. The number of nitrogens with zero attached hydrogens (tertiary/aromatic N) is 2. The van der Waals surface area contributed by atoms with Crippen LogP contribution in [0.2, 0.25) is 0 Å². The van der Waals surface area contributed by atoms with Gasteiger partial charge in [0.2, 0.25) is 11.7 Å². The van der Waals surface area contributed by atoms with Crippen LogP contribution in [-0.4, -0.2) is 10.1 Å². The van der Waals surface area contributed by atoms with Gasteiger partial charge < -0.3 is 10.3 Å². The zero-order valence-electron chi connectivity index (χ0n) is 11.4. The maximum absolute atomic E-state index is 5.95. The van der Waals surface area contributed by atoms with Crippen molar-refractivity contribution in [3.63, 3.8) is 0 Å². The Bertz CT molecular complexity index is 766. The van der Waals surface area contributed by atoms with E-state index >= 15 is 0 Å². The Morgan fingerprint density at radius 1 is 0.952 bits per heavy atom. The molecule has 2 N–H and O–H groups in total. The number of nitrogens with two attached hydrogens (primary N) is 1. The van der Waals surface area contributed by atoms with E-state index in [9.17, 15) is 0 Å². The lowest BCUT2D eigenvalue weighted by Crippen LogP contribution is -1.91. The third-order valence-corrected chi connectivity index (χ3v) is 3.98. The Balaban J connectivity index is 1.58. The second kappa shape index (κ2) is 4.74. The molecule has 0 radical (unpaired) electrons. The SMILES string of the molecule is Nc1ccccc1-c1noc(C2CC2c2ccccc2)n1. The van der Waals surface area contributed by atoms with Crippen molar-refractivity contribution >= 4 is 5.69 Å². The Hall–Kier alpha value is -2.62. The molecule has 2 unspecified atom stereocenters. The molecule has 3 aromatic rings. The van der Waals surface area contributed by atoms with Crippen LogP contribution >= 0.6 is 0 Å². The number of aromatic nitrogens is 2. The number of hydrogen-bond donors (Lipinski definition) is 1. The number of rotatable bonds is 3. The molecule has 0 amide bonds. The summed E-state index contributed by atoms with van der Waals surface area (Å²) in [4.78, 5) is 4.52. The van der Waals surface area contributed by atoms with Gasteiger partial charge in [0.25, 0.3) is 0 Å². The van der Waals surface area contributed by atoms with E-state index in [2.05, 4.69) is 34.4 Å². The van der Waals surface area contributed by atoms with Gasteiger partial charge in [0, 0.05) is 17.2 Å². The molecule has 4 heteroatoms. The second-order valence-electron chi connectivity index (χ2n) is 5.40. The van der Waals surface area contributed by atoms with Gasteiger partial charge in [-0.05, 0) is 30.0 Å². The number of anilines is 1. The maximum atomic E-state index is 5.95. The zero-order valence-corrected chi connectivity index (χ0v) is 11.4. The summed E-state index contributed by atoms with van der Waals surface area (Å²) in [6, 6.07) is 18.0. The van der Waals surface area contributed by atoms with Crippen molar-refractivity contribution in [2.75, 3.05) is 5.73 Å². The third kappa shape index (κ3) is 2.18. The first-order valence-corrected chi connectivity index (χ1v) is 7.06. The minimum absolute atomic E-state index is 0.332. The zero-order chi connectivity index (χ0) is 14.2. The van der Waals surface area contributed by atoms with E-state index in [0.717, 1.165) is 12.0 Å². The molecule has 1 aliphatic rings. The van der Waals surface area contributed by atoms with Crippen molar-refractivity contribution in [1.82, 2.24) is 10.1 Å². The molecule has 0 spiro atoms. The van der Waals surface area contributed by atoms with Gasteiger partial charge in [0.05, 0.1) is 0 Å². The summed E-state index contributed by atoms with van der Waals surface area (Å²) < 4.78 is 5.43. The summed E-state index contributed by atoms with van der Waals surface area (Å²) in [5, 5.41) is 4.07. The minimum Gasteiger partial charge on any atom is -0.398 e. The van der Waals surface area contributed by atoms with Gasteiger partial charge in [-0.3, -0.25) is 0 Å². The fourth-order valence-corrected chi connectivity index (χ4v) is 2.73. The lowest BCUT2D eigenvalue weighted by molar-refractivity contribution is 0.378. The summed E-state index contributed by atoms with van der Waals surface area (Å²) in [7, 11) is 0. The lowest BCUT2D eigenvalue weighted by Gasteiger charge is -1.98. The van der Waals surface area contributed by atoms with Gasteiger partial charge in [0.15, 0.2) is 0 Å². The van der Waals surface area contributed by atoms with E-state index in [1.807, 2.05) is 30.3 Å². The number of para-hydroxylation sites is 1. The molecule has 21 heavy (non-hydrogen) atoms. The predicted molar refractivity (Wildman–Crippen MR) is 80.7 cm³/mol. The van der Waals surface area contributed by atoms with Gasteiger partial charge in [-0.2, -0.15) is 4.98 Å². The molecule has 1 heterocycles. The highest BCUT2D eigenvalue weighted by Crippen LogP contribution is 2.54. The standard InChI is InChI=1S/C17H15N3O/c18-15-9-5-4-8-12(15)16-19-17(21-20-16)14-10-13(14)11-6-2-1-3-7-11/h1-9,13-14H,10,18H2. The van der Waals surface area contributed by atoms with Crippen molar-refractivity contribution in [3.05, 3.63) is 66.1 Å². The lowest BCUT2D eigenvalue weighted by atomic mass is 10.1. The Kier molecular flexibility index (Phi) is 2.74. The fourth-order valence-electron chi connectivity index (χ4n) is 2.73. The molecule has 0 bridgehead atoms. The maximum Gasteiger partial charge on any atom is 0.230 e. The van der Waals surface area contributed by atoms with Gasteiger partial charge >= 0.3 is 0 Å². The van der Waals surface area contributed by atoms with Crippen LogP contribution in [0.25, 0.3) is 11.4 Å². The molecule has 1 aromatic heterocycles. The molecule has 1 saturated carbocycles. The normalized spacial score (nSPS) is 20.4. The van der Waals surface area contributed by atoms with E-state index < -0.39 is 0 Å². The monoisotopic (exact) mass is 277 g/mol. The molecule has 104 valence electrons. The van der Waals surface area contributed by atoms with Crippen LogP contribution in [0.1, 0.15) is 29.7 Å². The van der Waals surface area contributed by atoms with E-state index in [4.69, 9.17) is 10.3 Å². The summed E-state index contributed by atoms with van der Waals surface area (Å²) in [5.41, 5.74) is 8.78. The molecular formula is C17H15N3O. The largest absolute Gasteiger partial charge is 0.398 e. The molecular weight excluding hydrogens is 262 g/mol. The molecule has 0 aliphatic heterocycles. The molecule has 4 rings (SSSR count). The average Bonchev–Trinajstić information content (AvgIpc) is 3.18. The highest BCUT2D eigenvalue weighted by atomic mass is 16.5. The summed E-state index contributed by atoms with van der Waals surface area (Å²) in [6.45, 7) is 0. The van der Waals surface area contributed by atoms with Crippen molar-refractivity contribution in [1.29, 1.82) is 0 Å². The van der Waals surface area contributed by atoms with Crippen LogP contribution in [-0.2, 0) is 0 Å². The first-order valence-electron chi connectivity index (χ1n) is 7.06. The van der Waals surface area contributed by atoms with Gasteiger partial charge in [-0.1, -0.05) is 47.6 Å². The van der Waals surface area contributed by atoms with Crippen molar-refractivity contribution in [3.8, 4) is 11.4 Å². The fraction of sp³-hybridized carbons (Fsp3) is 0.176. The quantitative estimate of drug-likeness (QED) is 0.743. The predicted octanol–water partition coefficient (Wildman–Crippen LogP) is 3.59. The molecule has 4 nitrogen and oxygen atoms in total. The van der Waals surface area contributed by atoms with E-state index in [1.54, 1.807) is 0 Å². The molecule has 1 aliphatic carbocycles. The molecule has 0 saturated heterocycles. The van der Waals surface area contributed by atoms with E-state index in [1.165, 1.54) is 5.56 Å². The van der Waals surface area contributed by atoms with Crippen LogP contribution in [0.3, 0.4) is 0 Å². The van der Waals surface area contributed by atoms with Crippen LogP contribution in [0.15, 0.2) is 59.1 Å². The minimum atomic E-state index is 0.332. The first kappa shape index (κ1) is 12.1. The highest BCUT2D eigenvalue weighted by molar-refractivity contribution is 5.70. The Morgan fingerprint density at radius 2 is 1.71 bits per heavy atom. The number of benzene rings is 2. The summed E-state index contributed by atoms with van der Waals surface area (Å²) in [6.07, 6.45) is 1.07. The van der Waals surface area contributed by atoms with E-state index in [0.29, 0.717) is 29.2 Å². The van der Waals surface area contributed by atoms with Crippen LogP contribution in [0.4, 0.5) is 5.69 Å². The van der Waals surface area contributed by atoms with E-state index in [-0.39, 0.29) is 0 Å². The summed E-state index contributed by atoms with van der Waals surface area (Å²) >= 11 is 0.